The number of halogens is 2. The highest BCUT2D eigenvalue weighted by Crippen LogP contribution is 2.34. The van der Waals surface area contributed by atoms with Gasteiger partial charge in [-0.3, -0.25) is 14.7 Å². The van der Waals surface area contributed by atoms with Gasteiger partial charge >= 0.3 is 0 Å². The summed E-state index contributed by atoms with van der Waals surface area (Å²) in [5.74, 6) is 0.342. The molecule has 0 aromatic heterocycles. The number of hydrogen-bond acceptors (Lipinski definition) is 4. The average Bonchev–Trinajstić information content (AvgIpc) is 2.81. The van der Waals surface area contributed by atoms with Gasteiger partial charge in [0.2, 0.25) is 5.91 Å². The molecule has 3 rings (SSSR count). The van der Waals surface area contributed by atoms with Gasteiger partial charge in [-0.05, 0) is 37.5 Å². The minimum atomic E-state index is -0.323. The van der Waals surface area contributed by atoms with Crippen LogP contribution in [0, 0.1) is 5.82 Å². The highest BCUT2D eigenvalue weighted by molar-refractivity contribution is 14.0. The molecule has 0 unspecified atom stereocenters. The Balaban J connectivity index is 0.00000385. The molecule has 0 bridgehead atoms. The van der Waals surface area contributed by atoms with Gasteiger partial charge in [0.1, 0.15) is 5.82 Å². The molecule has 1 aliphatic carbocycles. The van der Waals surface area contributed by atoms with Crippen molar-refractivity contribution in [3.8, 4) is 0 Å². The minimum absolute atomic E-state index is 0. The Morgan fingerprint density at radius 3 is 2.55 bits per heavy atom. The second-order valence-corrected chi connectivity index (χ2v) is 8.66. The van der Waals surface area contributed by atoms with Crippen LogP contribution in [0.1, 0.15) is 44.6 Å². The Hall–Kier alpha value is -1.46. The van der Waals surface area contributed by atoms with Crippen molar-refractivity contribution in [1.29, 1.82) is 0 Å². The smallest absolute Gasteiger partial charge is 0.224 e. The lowest BCUT2D eigenvalue weighted by Crippen LogP contribution is -2.56. The standard InChI is InChI=1S/C24H38FN5O2.HI/c1-2-26-23(28-12-11-27-22(31)18-20-7-6-8-21(25)17-20)29-19-24(9-4-3-5-10-24)30-13-15-32-16-14-30;/h6-8,17H,2-5,9-16,18-19H2,1H3,(H,27,31)(H2,26,28,29);1H. The molecule has 3 N–H and O–H groups in total. The van der Waals surface area contributed by atoms with Crippen LogP contribution < -0.4 is 16.0 Å². The third-order valence-corrected chi connectivity index (χ3v) is 6.34. The number of aliphatic imine (C=N–C) groups is 1. The van der Waals surface area contributed by atoms with E-state index in [1.165, 1.54) is 44.2 Å². The topological polar surface area (TPSA) is 78.0 Å². The fourth-order valence-corrected chi connectivity index (χ4v) is 4.67. The van der Waals surface area contributed by atoms with Gasteiger partial charge < -0.3 is 20.7 Å². The van der Waals surface area contributed by atoms with Gasteiger partial charge in [-0.15, -0.1) is 24.0 Å². The van der Waals surface area contributed by atoms with E-state index in [0.717, 1.165) is 45.4 Å². The van der Waals surface area contributed by atoms with E-state index in [1.54, 1.807) is 12.1 Å². The van der Waals surface area contributed by atoms with Crippen LogP contribution in [0.15, 0.2) is 29.3 Å². The lowest BCUT2D eigenvalue weighted by Gasteiger charge is -2.47. The Labute approximate surface area is 214 Å². The number of amides is 1. The summed E-state index contributed by atoms with van der Waals surface area (Å²) < 4.78 is 18.8. The SMILES string of the molecule is CCNC(=NCC1(N2CCOCC2)CCCCC1)NCCNC(=O)Cc1cccc(F)c1.I. The third-order valence-electron chi connectivity index (χ3n) is 6.34. The number of guanidine groups is 1. The molecule has 0 spiro atoms. The predicted octanol–water partition coefficient (Wildman–Crippen LogP) is 2.69. The highest BCUT2D eigenvalue weighted by Gasteiger charge is 2.38. The Kier molecular flexibility index (Phi) is 12.4. The molecule has 9 heteroatoms. The maximum absolute atomic E-state index is 13.3. The van der Waals surface area contributed by atoms with Crippen molar-refractivity contribution in [1.82, 2.24) is 20.9 Å². The molecule has 33 heavy (non-hydrogen) atoms. The summed E-state index contributed by atoms with van der Waals surface area (Å²) in [6, 6.07) is 6.15. The molecule has 1 aromatic rings. The quantitative estimate of drug-likeness (QED) is 0.183. The van der Waals surface area contributed by atoms with Crippen molar-refractivity contribution in [2.45, 2.75) is 51.0 Å². The molecule has 1 saturated heterocycles. The number of ether oxygens (including phenoxy) is 1. The van der Waals surface area contributed by atoms with Crippen molar-refractivity contribution in [2.24, 2.45) is 4.99 Å². The number of benzene rings is 1. The molecule has 7 nitrogen and oxygen atoms in total. The van der Waals surface area contributed by atoms with Crippen molar-refractivity contribution >= 4 is 35.8 Å². The van der Waals surface area contributed by atoms with Gasteiger partial charge in [0.05, 0.1) is 26.2 Å². The summed E-state index contributed by atoms with van der Waals surface area (Å²) in [5.41, 5.74) is 0.801. The predicted molar refractivity (Wildman–Crippen MR) is 141 cm³/mol. The van der Waals surface area contributed by atoms with Gasteiger partial charge in [-0.1, -0.05) is 31.4 Å². The lowest BCUT2D eigenvalue weighted by atomic mass is 9.80. The van der Waals surface area contributed by atoms with Crippen LogP contribution in [0.5, 0.6) is 0 Å². The molecule has 186 valence electrons. The van der Waals surface area contributed by atoms with E-state index in [0.29, 0.717) is 18.7 Å². The van der Waals surface area contributed by atoms with E-state index in [9.17, 15) is 9.18 Å². The molecule has 1 aliphatic heterocycles. The third kappa shape index (κ3) is 9.01. The zero-order chi connectivity index (χ0) is 22.7. The number of rotatable bonds is 9. The number of nitrogens with one attached hydrogen (secondary N) is 3. The summed E-state index contributed by atoms with van der Waals surface area (Å²) in [6.07, 6.45) is 6.37. The van der Waals surface area contributed by atoms with Crippen LogP contribution in [-0.2, 0) is 16.0 Å². The number of hydrogen-bond donors (Lipinski definition) is 3. The van der Waals surface area contributed by atoms with E-state index in [4.69, 9.17) is 9.73 Å². The van der Waals surface area contributed by atoms with Crippen LogP contribution in [0.3, 0.4) is 0 Å². The van der Waals surface area contributed by atoms with E-state index in [2.05, 4.69) is 27.8 Å². The van der Waals surface area contributed by atoms with E-state index in [-0.39, 0.29) is 47.7 Å². The van der Waals surface area contributed by atoms with Crippen LogP contribution >= 0.6 is 24.0 Å². The molecule has 2 fully saturated rings. The van der Waals surface area contributed by atoms with Gasteiger partial charge in [-0.25, -0.2) is 4.39 Å². The highest BCUT2D eigenvalue weighted by atomic mass is 127. The zero-order valence-electron chi connectivity index (χ0n) is 19.7. The van der Waals surface area contributed by atoms with Crippen LogP contribution in [0.25, 0.3) is 0 Å². The second kappa shape index (κ2) is 14.7. The van der Waals surface area contributed by atoms with Gasteiger partial charge in [-0.2, -0.15) is 0 Å². The largest absolute Gasteiger partial charge is 0.379 e. The summed E-state index contributed by atoms with van der Waals surface area (Å²) in [4.78, 5) is 19.6. The van der Waals surface area contributed by atoms with Crippen molar-refractivity contribution in [3.05, 3.63) is 35.6 Å². The first-order chi connectivity index (χ1) is 15.6. The summed E-state index contributed by atoms with van der Waals surface area (Å²) in [7, 11) is 0. The Bertz CT molecular complexity index is 752. The number of nitrogens with zero attached hydrogens (tertiary/aromatic N) is 2. The van der Waals surface area contributed by atoms with Crippen LogP contribution in [0.4, 0.5) is 4.39 Å². The van der Waals surface area contributed by atoms with Crippen LogP contribution in [0.2, 0.25) is 0 Å². The summed E-state index contributed by atoms with van der Waals surface area (Å²) in [5, 5.41) is 9.53. The number of carbonyl (C=O) groups excluding carboxylic acids is 1. The molecular formula is C24H39FIN5O2. The fraction of sp³-hybridized carbons (Fsp3) is 0.667. The Morgan fingerprint density at radius 1 is 1.12 bits per heavy atom. The molecule has 0 radical (unpaired) electrons. The first-order valence-corrected chi connectivity index (χ1v) is 12.0. The summed E-state index contributed by atoms with van der Waals surface area (Å²) in [6.45, 7) is 8.23. The maximum atomic E-state index is 13.3. The normalized spacial score (nSPS) is 18.8. The van der Waals surface area contributed by atoms with Gasteiger partial charge in [0.25, 0.3) is 0 Å². The molecule has 1 heterocycles. The van der Waals surface area contributed by atoms with Crippen molar-refractivity contribution in [3.63, 3.8) is 0 Å². The molecule has 1 aromatic carbocycles. The molecule has 1 amide bonds. The monoisotopic (exact) mass is 575 g/mol. The van der Waals surface area contributed by atoms with Crippen LogP contribution in [-0.4, -0.2) is 74.8 Å². The second-order valence-electron chi connectivity index (χ2n) is 8.66. The lowest BCUT2D eigenvalue weighted by molar-refractivity contribution is -0.120. The average molecular weight is 576 g/mol. The Morgan fingerprint density at radius 2 is 1.85 bits per heavy atom. The van der Waals surface area contributed by atoms with E-state index >= 15 is 0 Å². The maximum Gasteiger partial charge on any atom is 0.224 e. The van der Waals surface area contributed by atoms with Gasteiger partial charge in [0.15, 0.2) is 5.96 Å². The first kappa shape index (κ1) is 27.8. The molecule has 2 aliphatic rings. The molecule has 1 saturated carbocycles. The van der Waals surface area contributed by atoms with Crippen molar-refractivity contribution < 1.29 is 13.9 Å². The minimum Gasteiger partial charge on any atom is -0.379 e. The van der Waals surface area contributed by atoms with E-state index < -0.39 is 0 Å². The number of morpholine rings is 1. The summed E-state index contributed by atoms with van der Waals surface area (Å²) >= 11 is 0. The first-order valence-electron chi connectivity index (χ1n) is 12.0. The number of carbonyl (C=O) groups is 1. The van der Waals surface area contributed by atoms with Gasteiger partial charge in [0, 0.05) is 38.3 Å². The van der Waals surface area contributed by atoms with E-state index in [1.807, 2.05) is 0 Å². The molecular weight excluding hydrogens is 536 g/mol. The molecule has 0 atom stereocenters. The fourth-order valence-electron chi connectivity index (χ4n) is 4.67. The zero-order valence-corrected chi connectivity index (χ0v) is 22.0. The van der Waals surface area contributed by atoms with Crippen molar-refractivity contribution in [2.75, 3.05) is 52.5 Å².